The summed E-state index contributed by atoms with van der Waals surface area (Å²) in [5, 5.41) is 4.93. The monoisotopic (exact) mass is 265 g/mol. The van der Waals surface area contributed by atoms with Gasteiger partial charge in [0.25, 0.3) is 0 Å². The number of hydrogen-bond acceptors (Lipinski definition) is 3. The van der Waals surface area contributed by atoms with Crippen LogP contribution in [0.25, 0.3) is 0 Å². The van der Waals surface area contributed by atoms with Crippen LogP contribution >= 0.6 is 11.6 Å². The highest BCUT2D eigenvalue weighted by molar-refractivity contribution is 6.31. The van der Waals surface area contributed by atoms with E-state index in [4.69, 9.17) is 22.1 Å². The lowest BCUT2D eigenvalue weighted by molar-refractivity contribution is 0.468. The molecule has 0 aliphatic rings. The summed E-state index contributed by atoms with van der Waals surface area (Å²) in [4.78, 5) is 0. The standard InChI is InChI=1S/C13H16ClN3O/c1-8-13(9(2)17(3)16-8)18-12-6-4-5-11(14)10(12)7-15/h4-6H,7,15H2,1-3H3. The molecule has 5 heteroatoms. The zero-order valence-corrected chi connectivity index (χ0v) is 11.5. The van der Waals surface area contributed by atoms with Gasteiger partial charge in [-0.2, -0.15) is 5.10 Å². The average Bonchev–Trinajstić information content (AvgIpc) is 2.56. The first kappa shape index (κ1) is 12.9. The highest BCUT2D eigenvalue weighted by Crippen LogP contribution is 2.33. The van der Waals surface area contributed by atoms with Gasteiger partial charge in [-0.15, -0.1) is 0 Å². The average molecular weight is 266 g/mol. The Kier molecular flexibility index (Phi) is 3.59. The third kappa shape index (κ3) is 2.21. The molecule has 0 aliphatic carbocycles. The lowest BCUT2D eigenvalue weighted by atomic mass is 10.2. The van der Waals surface area contributed by atoms with Crippen molar-refractivity contribution in [2.24, 2.45) is 12.8 Å². The number of rotatable bonds is 3. The minimum Gasteiger partial charge on any atom is -0.453 e. The van der Waals surface area contributed by atoms with Gasteiger partial charge in [0.15, 0.2) is 5.75 Å². The second-order valence-electron chi connectivity index (χ2n) is 4.15. The third-order valence-electron chi connectivity index (χ3n) is 2.93. The largest absolute Gasteiger partial charge is 0.453 e. The van der Waals surface area contributed by atoms with Crippen molar-refractivity contribution in [2.45, 2.75) is 20.4 Å². The van der Waals surface area contributed by atoms with E-state index in [1.807, 2.05) is 33.0 Å². The molecule has 0 fully saturated rings. The van der Waals surface area contributed by atoms with E-state index in [2.05, 4.69) is 5.10 Å². The van der Waals surface area contributed by atoms with E-state index in [1.165, 1.54) is 0 Å². The summed E-state index contributed by atoms with van der Waals surface area (Å²) in [6.45, 7) is 4.21. The summed E-state index contributed by atoms with van der Waals surface area (Å²) in [5.41, 5.74) is 8.32. The van der Waals surface area contributed by atoms with Crippen LogP contribution in [-0.2, 0) is 13.6 Å². The van der Waals surface area contributed by atoms with Crippen LogP contribution in [0.1, 0.15) is 17.0 Å². The van der Waals surface area contributed by atoms with E-state index >= 15 is 0 Å². The fraction of sp³-hybridized carbons (Fsp3) is 0.308. The summed E-state index contributed by atoms with van der Waals surface area (Å²) in [5.74, 6) is 1.44. The molecule has 1 heterocycles. The van der Waals surface area contributed by atoms with Crippen molar-refractivity contribution < 1.29 is 4.74 Å². The molecule has 1 aromatic heterocycles. The molecule has 2 rings (SSSR count). The van der Waals surface area contributed by atoms with Gasteiger partial charge in [-0.25, -0.2) is 0 Å². The maximum absolute atomic E-state index is 6.10. The summed E-state index contributed by atoms with van der Waals surface area (Å²) < 4.78 is 7.70. The molecule has 18 heavy (non-hydrogen) atoms. The van der Waals surface area contributed by atoms with Gasteiger partial charge in [0.2, 0.25) is 0 Å². The number of ether oxygens (including phenoxy) is 1. The zero-order chi connectivity index (χ0) is 13.3. The minimum atomic E-state index is 0.341. The van der Waals surface area contributed by atoms with Crippen molar-refractivity contribution in [1.82, 2.24) is 9.78 Å². The van der Waals surface area contributed by atoms with Gasteiger partial charge in [-0.05, 0) is 26.0 Å². The first-order valence-electron chi connectivity index (χ1n) is 5.70. The number of hydrogen-bond donors (Lipinski definition) is 1. The zero-order valence-electron chi connectivity index (χ0n) is 10.7. The first-order valence-corrected chi connectivity index (χ1v) is 6.08. The highest BCUT2D eigenvalue weighted by Gasteiger charge is 2.14. The fourth-order valence-electron chi connectivity index (χ4n) is 1.84. The van der Waals surface area contributed by atoms with Crippen LogP contribution in [0.2, 0.25) is 5.02 Å². The topological polar surface area (TPSA) is 53.1 Å². The summed E-state index contributed by atoms with van der Waals surface area (Å²) in [6, 6.07) is 5.51. The number of aromatic nitrogens is 2. The number of nitrogens with two attached hydrogens (primary N) is 1. The van der Waals surface area contributed by atoms with Crippen molar-refractivity contribution in [1.29, 1.82) is 0 Å². The highest BCUT2D eigenvalue weighted by atomic mass is 35.5. The normalized spacial score (nSPS) is 10.7. The molecule has 2 aromatic rings. The Balaban J connectivity index is 2.43. The first-order chi connectivity index (χ1) is 8.54. The molecule has 0 spiro atoms. The van der Waals surface area contributed by atoms with Crippen LogP contribution in [0.15, 0.2) is 18.2 Å². The molecule has 0 aliphatic heterocycles. The lowest BCUT2D eigenvalue weighted by Gasteiger charge is -2.11. The molecular weight excluding hydrogens is 250 g/mol. The Bertz CT molecular complexity index is 578. The van der Waals surface area contributed by atoms with Gasteiger partial charge in [0.1, 0.15) is 11.4 Å². The Labute approximate surface area is 111 Å². The Morgan fingerprint density at radius 2 is 2.11 bits per heavy atom. The van der Waals surface area contributed by atoms with E-state index in [0.29, 0.717) is 17.3 Å². The van der Waals surface area contributed by atoms with Gasteiger partial charge in [0, 0.05) is 24.2 Å². The van der Waals surface area contributed by atoms with Crippen molar-refractivity contribution in [3.8, 4) is 11.5 Å². The molecule has 0 unspecified atom stereocenters. The van der Waals surface area contributed by atoms with E-state index in [1.54, 1.807) is 10.7 Å². The molecule has 0 amide bonds. The predicted molar refractivity (Wildman–Crippen MR) is 72.1 cm³/mol. The van der Waals surface area contributed by atoms with Crippen LogP contribution in [0.4, 0.5) is 0 Å². The molecule has 1 aromatic carbocycles. The molecular formula is C13H16ClN3O. The smallest absolute Gasteiger partial charge is 0.171 e. The summed E-state index contributed by atoms with van der Waals surface area (Å²) in [7, 11) is 1.89. The maximum Gasteiger partial charge on any atom is 0.171 e. The van der Waals surface area contributed by atoms with Crippen LogP contribution < -0.4 is 10.5 Å². The van der Waals surface area contributed by atoms with Gasteiger partial charge >= 0.3 is 0 Å². The number of benzene rings is 1. The molecule has 4 nitrogen and oxygen atoms in total. The van der Waals surface area contributed by atoms with Gasteiger partial charge in [-0.3, -0.25) is 4.68 Å². The molecule has 0 saturated carbocycles. The maximum atomic E-state index is 6.10. The predicted octanol–water partition coefficient (Wildman–Crippen LogP) is 2.94. The fourth-order valence-corrected chi connectivity index (χ4v) is 2.09. The number of halogens is 1. The van der Waals surface area contributed by atoms with Crippen molar-refractivity contribution in [3.05, 3.63) is 40.2 Å². The second-order valence-corrected chi connectivity index (χ2v) is 4.55. The molecule has 0 bridgehead atoms. The van der Waals surface area contributed by atoms with Crippen molar-refractivity contribution in [2.75, 3.05) is 0 Å². The van der Waals surface area contributed by atoms with Gasteiger partial charge < -0.3 is 10.5 Å². The molecule has 96 valence electrons. The Hall–Kier alpha value is -1.52. The second kappa shape index (κ2) is 5.00. The summed E-state index contributed by atoms with van der Waals surface area (Å²) >= 11 is 6.10. The van der Waals surface area contributed by atoms with E-state index in [-0.39, 0.29) is 0 Å². The van der Waals surface area contributed by atoms with Crippen LogP contribution in [0.5, 0.6) is 11.5 Å². The van der Waals surface area contributed by atoms with Gasteiger partial charge in [0.05, 0.1) is 5.69 Å². The van der Waals surface area contributed by atoms with Gasteiger partial charge in [-0.1, -0.05) is 17.7 Å². The van der Waals surface area contributed by atoms with Crippen molar-refractivity contribution in [3.63, 3.8) is 0 Å². The van der Waals surface area contributed by atoms with E-state index in [9.17, 15) is 0 Å². The van der Waals surface area contributed by atoms with E-state index in [0.717, 1.165) is 22.7 Å². The quantitative estimate of drug-likeness (QED) is 0.928. The Morgan fingerprint density at radius 1 is 1.39 bits per heavy atom. The lowest BCUT2D eigenvalue weighted by Crippen LogP contribution is -2.01. The molecule has 0 saturated heterocycles. The SMILES string of the molecule is Cc1nn(C)c(C)c1Oc1cccc(Cl)c1CN. The van der Waals surface area contributed by atoms with Crippen LogP contribution in [-0.4, -0.2) is 9.78 Å². The summed E-state index contributed by atoms with van der Waals surface area (Å²) in [6.07, 6.45) is 0. The number of aryl methyl sites for hydroxylation is 2. The molecule has 0 atom stereocenters. The number of nitrogens with zero attached hydrogens (tertiary/aromatic N) is 2. The van der Waals surface area contributed by atoms with E-state index < -0.39 is 0 Å². The third-order valence-corrected chi connectivity index (χ3v) is 3.29. The van der Waals surface area contributed by atoms with Crippen LogP contribution in [0.3, 0.4) is 0 Å². The van der Waals surface area contributed by atoms with Crippen LogP contribution in [0, 0.1) is 13.8 Å². The molecule has 2 N–H and O–H groups in total. The molecule has 0 radical (unpaired) electrons. The minimum absolute atomic E-state index is 0.341. The van der Waals surface area contributed by atoms with Crippen molar-refractivity contribution >= 4 is 11.6 Å². The Morgan fingerprint density at radius 3 is 2.67 bits per heavy atom.